The molecule has 0 aromatic rings. The van der Waals surface area contributed by atoms with Crippen LogP contribution in [-0.4, -0.2) is 81.5 Å². The van der Waals surface area contributed by atoms with Crippen LogP contribution >= 0.6 is 0 Å². The molecule has 0 unspecified atom stereocenters. The Morgan fingerprint density at radius 3 is 1.83 bits per heavy atom. The zero-order valence-corrected chi connectivity index (χ0v) is 20.1. The van der Waals surface area contributed by atoms with E-state index in [2.05, 4.69) is 15.1 Å². The van der Waals surface area contributed by atoms with Crippen molar-refractivity contribution >= 4 is 0 Å². The highest BCUT2D eigenvalue weighted by Crippen LogP contribution is 2.31. The van der Waals surface area contributed by atoms with Gasteiger partial charge in [-0.3, -0.25) is 0 Å². The van der Waals surface area contributed by atoms with Crippen molar-refractivity contribution in [2.45, 2.75) is 78.3 Å². The topological polar surface area (TPSA) is 27.7 Å². The summed E-state index contributed by atoms with van der Waals surface area (Å²) in [5.74, 6) is 1.78. The summed E-state index contributed by atoms with van der Waals surface area (Å²) in [5, 5.41) is 3.28. The van der Waals surface area contributed by atoms with Gasteiger partial charge in [-0.1, -0.05) is 27.7 Å². The lowest BCUT2D eigenvalue weighted by Crippen LogP contribution is -2.48. The van der Waals surface area contributed by atoms with Crippen molar-refractivity contribution in [3.05, 3.63) is 0 Å². The molecular formula is C24H50FN3O. The molecule has 3 saturated heterocycles. The molecule has 0 radical (unpaired) electrons. The first-order chi connectivity index (χ1) is 14.2. The molecule has 0 aromatic carbocycles. The Morgan fingerprint density at radius 1 is 0.862 bits per heavy atom. The summed E-state index contributed by atoms with van der Waals surface area (Å²) >= 11 is 0. The van der Waals surface area contributed by atoms with Crippen molar-refractivity contribution in [3.8, 4) is 0 Å². The van der Waals surface area contributed by atoms with E-state index in [0.717, 1.165) is 51.2 Å². The third kappa shape index (κ3) is 10.1. The highest BCUT2D eigenvalue weighted by Gasteiger charge is 2.35. The first kappa shape index (κ1) is 26.8. The third-order valence-electron chi connectivity index (χ3n) is 6.70. The second-order valence-corrected chi connectivity index (χ2v) is 8.63. The van der Waals surface area contributed by atoms with Crippen LogP contribution in [0.5, 0.6) is 0 Å². The minimum Gasteiger partial charge on any atom is -0.383 e. The molecule has 0 aromatic heterocycles. The average Bonchev–Trinajstić information content (AvgIpc) is 2.78. The lowest BCUT2D eigenvalue weighted by molar-refractivity contribution is 0.0417. The molecule has 3 aliphatic heterocycles. The van der Waals surface area contributed by atoms with Gasteiger partial charge in [-0.05, 0) is 96.1 Å². The fourth-order valence-corrected chi connectivity index (χ4v) is 4.95. The zero-order valence-electron chi connectivity index (χ0n) is 20.1. The molecule has 3 aliphatic rings. The summed E-state index contributed by atoms with van der Waals surface area (Å²) in [7, 11) is 1.79. The Morgan fingerprint density at radius 2 is 1.34 bits per heavy atom. The lowest BCUT2D eigenvalue weighted by Gasteiger charge is -2.40. The number of halogens is 1. The van der Waals surface area contributed by atoms with Gasteiger partial charge in [0.1, 0.15) is 5.67 Å². The van der Waals surface area contributed by atoms with Crippen molar-refractivity contribution < 1.29 is 9.13 Å². The Balaban J connectivity index is 0.000000989. The molecule has 0 aliphatic carbocycles. The van der Waals surface area contributed by atoms with Gasteiger partial charge in [-0.2, -0.15) is 0 Å². The predicted molar refractivity (Wildman–Crippen MR) is 123 cm³/mol. The van der Waals surface area contributed by atoms with E-state index in [0.29, 0.717) is 19.4 Å². The number of piperidine rings is 3. The van der Waals surface area contributed by atoms with Crippen molar-refractivity contribution in [1.29, 1.82) is 0 Å². The molecule has 0 amide bonds. The van der Waals surface area contributed by atoms with Crippen molar-refractivity contribution in [3.63, 3.8) is 0 Å². The van der Waals surface area contributed by atoms with Crippen LogP contribution in [-0.2, 0) is 4.74 Å². The lowest BCUT2D eigenvalue weighted by atomic mass is 9.82. The van der Waals surface area contributed by atoms with Gasteiger partial charge >= 0.3 is 0 Å². The number of nitrogens with zero attached hydrogens (tertiary/aromatic N) is 2. The summed E-state index contributed by atoms with van der Waals surface area (Å²) in [6.07, 6.45) is 8.03. The Bertz CT molecular complexity index is 374. The fourth-order valence-electron chi connectivity index (χ4n) is 4.95. The number of ether oxygens (including phenoxy) is 1. The first-order valence-corrected chi connectivity index (χ1v) is 12.5. The highest BCUT2D eigenvalue weighted by molar-refractivity contribution is 4.89. The molecule has 174 valence electrons. The first-order valence-electron chi connectivity index (χ1n) is 12.5. The van der Waals surface area contributed by atoms with Crippen LogP contribution < -0.4 is 5.32 Å². The maximum Gasteiger partial charge on any atom is 0.126 e. The second kappa shape index (κ2) is 15.6. The molecule has 5 heteroatoms. The fraction of sp³-hybridized carbons (Fsp3) is 1.00. The van der Waals surface area contributed by atoms with Crippen molar-refractivity contribution in [2.75, 3.05) is 66.1 Å². The molecule has 3 fully saturated rings. The number of methoxy groups -OCH3 is 1. The van der Waals surface area contributed by atoms with E-state index in [1.807, 2.05) is 27.7 Å². The molecule has 0 spiro atoms. The summed E-state index contributed by atoms with van der Waals surface area (Å²) in [5.41, 5.74) is -0.937. The van der Waals surface area contributed by atoms with Crippen LogP contribution in [0.1, 0.15) is 72.6 Å². The number of nitrogens with one attached hydrogen (secondary N) is 1. The number of hydrogen-bond donors (Lipinski definition) is 1. The highest BCUT2D eigenvalue weighted by atomic mass is 19.1. The molecule has 4 nitrogen and oxygen atoms in total. The van der Waals surface area contributed by atoms with Crippen LogP contribution in [0.15, 0.2) is 0 Å². The van der Waals surface area contributed by atoms with E-state index in [9.17, 15) is 4.39 Å². The summed E-state index contributed by atoms with van der Waals surface area (Å²) in [4.78, 5) is 4.94. The Hall–Kier alpha value is -0.230. The second-order valence-electron chi connectivity index (χ2n) is 8.63. The van der Waals surface area contributed by atoms with Crippen LogP contribution in [0.4, 0.5) is 4.39 Å². The average molecular weight is 416 g/mol. The van der Waals surface area contributed by atoms with Gasteiger partial charge in [0.2, 0.25) is 0 Å². The Labute approximate surface area is 180 Å². The summed E-state index contributed by atoms with van der Waals surface area (Å²) in [6, 6.07) is 0. The maximum atomic E-state index is 14.9. The summed E-state index contributed by atoms with van der Waals surface area (Å²) < 4.78 is 20.0. The van der Waals surface area contributed by atoms with E-state index >= 15 is 0 Å². The summed E-state index contributed by atoms with van der Waals surface area (Å²) in [6.45, 7) is 17.0. The Kier molecular flexibility index (Phi) is 14.4. The van der Waals surface area contributed by atoms with Gasteiger partial charge in [0.25, 0.3) is 0 Å². The quantitative estimate of drug-likeness (QED) is 0.658. The predicted octanol–water partition coefficient (Wildman–Crippen LogP) is 4.59. The molecule has 0 atom stereocenters. The van der Waals surface area contributed by atoms with Crippen LogP contribution in [0.3, 0.4) is 0 Å². The van der Waals surface area contributed by atoms with E-state index in [-0.39, 0.29) is 0 Å². The van der Waals surface area contributed by atoms with Gasteiger partial charge in [0, 0.05) is 20.2 Å². The molecule has 29 heavy (non-hydrogen) atoms. The van der Waals surface area contributed by atoms with Crippen LogP contribution in [0.2, 0.25) is 0 Å². The minimum absolute atomic E-state index is 0.666. The SMILES string of the molecule is CC.CC.COCCN1CCC(CC2CCN(CC3(F)CCNCC3)CC2)CC1. The molecule has 0 saturated carbocycles. The molecule has 0 bridgehead atoms. The third-order valence-corrected chi connectivity index (χ3v) is 6.70. The van der Waals surface area contributed by atoms with E-state index in [4.69, 9.17) is 4.74 Å². The molecular weight excluding hydrogens is 365 g/mol. The van der Waals surface area contributed by atoms with E-state index < -0.39 is 5.67 Å². The molecule has 3 rings (SSSR count). The van der Waals surface area contributed by atoms with E-state index in [1.54, 1.807) is 7.11 Å². The normalized spacial score (nSPS) is 24.2. The number of hydrogen-bond acceptors (Lipinski definition) is 4. The standard InChI is InChI=1S/C20H38FN3O.2C2H6/c1-25-15-14-23-10-2-18(3-11-23)16-19-4-12-24(13-5-19)17-20(21)6-8-22-9-7-20;2*1-2/h18-19,22H,2-17H2,1H3;2*1-2H3. The number of alkyl halides is 1. The van der Waals surface area contributed by atoms with Crippen molar-refractivity contribution in [1.82, 2.24) is 15.1 Å². The van der Waals surface area contributed by atoms with Crippen molar-refractivity contribution in [2.24, 2.45) is 11.8 Å². The van der Waals surface area contributed by atoms with Gasteiger partial charge < -0.3 is 19.9 Å². The van der Waals surface area contributed by atoms with Gasteiger partial charge in [0.15, 0.2) is 0 Å². The van der Waals surface area contributed by atoms with Crippen LogP contribution in [0.25, 0.3) is 0 Å². The van der Waals surface area contributed by atoms with Gasteiger partial charge in [-0.25, -0.2) is 4.39 Å². The monoisotopic (exact) mass is 415 g/mol. The minimum atomic E-state index is -0.937. The maximum absolute atomic E-state index is 14.9. The smallest absolute Gasteiger partial charge is 0.126 e. The van der Waals surface area contributed by atoms with Gasteiger partial charge in [-0.15, -0.1) is 0 Å². The van der Waals surface area contributed by atoms with E-state index in [1.165, 1.54) is 45.2 Å². The largest absolute Gasteiger partial charge is 0.383 e. The van der Waals surface area contributed by atoms with Crippen LogP contribution in [0, 0.1) is 11.8 Å². The van der Waals surface area contributed by atoms with Gasteiger partial charge in [0.05, 0.1) is 6.61 Å². The molecule has 1 N–H and O–H groups in total. The molecule has 3 heterocycles. The number of rotatable bonds is 7. The zero-order chi connectivity index (χ0) is 21.5. The number of likely N-dealkylation sites (tertiary alicyclic amines) is 2.